The number of carbonyl (C=O) groups excluding carboxylic acids is 1. The van der Waals surface area contributed by atoms with Crippen molar-refractivity contribution in [3.05, 3.63) is 70.7 Å². The molecule has 0 saturated carbocycles. The molecule has 0 unspecified atom stereocenters. The lowest BCUT2D eigenvalue weighted by Crippen LogP contribution is -2.25. The molecule has 0 atom stereocenters. The summed E-state index contributed by atoms with van der Waals surface area (Å²) in [7, 11) is 0. The fourth-order valence-electron chi connectivity index (χ4n) is 2.15. The second-order valence-corrected chi connectivity index (χ2v) is 5.77. The first-order valence-corrected chi connectivity index (χ1v) is 7.73. The van der Waals surface area contributed by atoms with Crippen LogP contribution < -0.4 is 5.32 Å². The minimum absolute atomic E-state index is 0.0983. The van der Waals surface area contributed by atoms with Crippen LogP contribution in [0.3, 0.4) is 0 Å². The van der Waals surface area contributed by atoms with E-state index in [1.165, 1.54) is 5.56 Å². The third kappa shape index (κ3) is 3.46. The molecule has 5 nitrogen and oxygen atoms in total. The van der Waals surface area contributed by atoms with Gasteiger partial charge < -0.3 is 10.3 Å². The Morgan fingerprint density at radius 3 is 2.77 bits per heavy atom. The second-order valence-electron chi connectivity index (χ2n) is 4.85. The molecule has 0 radical (unpaired) electrons. The fraction of sp³-hybridized carbons (Fsp3) is 0.125. The van der Waals surface area contributed by atoms with E-state index in [4.69, 9.17) is 0 Å². The summed E-state index contributed by atoms with van der Waals surface area (Å²) in [5.41, 5.74) is 2.75. The SMILES string of the molecule is O=C(NCCc1ccc(-n2cccn2)cc1)c1cc(Br)c[nH]1. The molecule has 2 heterocycles. The van der Waals surface area contributed by atoms with Gasteiger partial charge in [-0.1, -0.05) is 12.1 Å². The molecule has 2 N–H and O–H groups in total. The Morgan fingerprint density at radius 2 is 2.14 bits per heavy atom. The van der Waals surface area contributed by atoms with E-state index in [9.17, 15) is 4.79 Å². The summed E-state index contributed by atoms with van der Waals surface area (Å²) in [6, 6.07) is 11.8. The summed E-state index contributed by atoms with van der Waals surface area (Å²) in [6.07, 6.45) is 6.18. The van der Waals surface area contributed by atoms with Gasteiger partial charge in [0.05, 0.1) is 5.69 Å². The van der Waals surface area contributed by atoms with Crippen molar-refractivity contribution in [2.24, 2.45) is 0 Å². The van der Waals surface area contributed by atoms with E-state index in [-0.39, 0.29) is 5.91 Å². The number of aromatic amines is 1. The molecule has 0 spiro atoms. The average Bonchev–Trinajstić information content (AvgIpc) is 3.19. The zero-order chi connectivity index (χ0) is 15.4. The maximum absolute atomic E-state index is 11.9. The van der Waals surface area contributed by atoms with Crippen LogP contribution in [0, 0.1) is 0 Å². The van der Waals surface area contributed by atoms with E-state index in [1.807, 2.05) is 41.2 Å². The number of benzene rings is 1. The fourth-order valence-corrected chi connectivity index (χ4v) is 2.49. The lowest BCUT2D eigenvalue weighted by atomic mass is 10.1. The maximum atomic E-state index is 11.9. The average molecular weight is 359 g/mol. The van der Waals surface area contributed by atoms with Crippen molar-refractivity contribution in [2.75, 3.05) is 6.54 Å². The summed E-state index contributed by atoms with van der Waals surface area (Å²) in [6.45, 7) is 0.594. The molecule has 22 heavy (non-hydrogen) atoms. The van der Waals surface area contributed by atoms with Gasteiger partial charge in [0.1, 0.15) is 5.69 Å². The zero-order valence-corrected chi connectivity index (χ0v) is 13.4. The summed E-state index contributed by atoms with van der Waals surface area (Å²) in [4.78, 5) is 14.8. The largest absolute Gasteiger partial charge is 0.356 e. The third-order valence-corrected chi connectivity index (χ3v) is 3.75. The topological polar surface area (TPSA) is 62.7 Å². The van der Waals surface area contributed by atoms with E-state index in [0.29, 0.717) is 12.2 Å². The Kier molecular flexibility index (Phi) is 4.39. The van der Waals surface area contributed by atoms with Gasteiger partial charge in [-0.2, -0.15) is 5.10 Å². The molecule has 3 rings (SSSR count). The summed E-state index contributed by atoms with van der Waals surface area (Å²) < 4.78 is 2.68. The monoisotopic (exact) mass is 358 g/mol. The molecule has 0 aliphatic heterocycles. The van der Waals surface area contributed by atoms with Crippen molar-refractivity contribution < 1.29 is 4.79 Å². The van der Waals surface area contributed by atoms with Gasteiger partial charge in [0.2, 0.25) is 0 Å². The minimum Gasteiger partial charge on any atom is -0.356 e. The molecule has 112 valence electrons. The van der Waals surface area contributed by atoms with Crippen LogP contribution in [0.15, 0.2) is 59.5 Å². The lowest BCUT2D eigenvalue weighted by molar-refractivity contribution is 0.0950. The second kappa shape index (κ2) is 6.62. The van der Waals surface area contributed by atoms with Gasteiger partial charge in [-0.25, -0.2) is 4.68 Å². The number of rotatable bonds is 5. The predicted molar refractivity (Wildman–Crippen MR) is 88.1 cm³/mol. The van der Waals surface area contributed by atoms with Crippen LogP contribution in [-0.4, -0.2) is 27.2 Å². The van der Waals surface area contributed by atoms with Gasteiger partial charge >= 0.3 is 0 Å². The van der Waals surface area contributed by atoms with Gasteiger partial charge in [-0.15, -0.1) is 0 Å². The van der Waals surface area contributed by atoms with E-state index in [1.54, 1.807) is 18.5 Å². The Hall–Kier alpha value is -2.34. The highest BCUT2D eigenvalue weighted by molar-refractivity contribution is 9.10. The normalized spacial score (nSPS) is 10.6. The Balaban J connectivity index is 1.52. The summed E-state index contributed by atoms with van der Waals surface area (Å²) in [5, 5.41) is 7.08. The molecule has 1 aromatic carbocycles. The smallest absolute Gasteiger partial charge is 0.267 e. The first-order valence-electron chi connectivity index (χ1n) is 6.93. The van der Waals surface area contributed by atoms with Crippen molar-refractivity contribution >= 4 is 21.8 Å². The number of H-pyrrole nitrogens is 1. The molecule has 1 amide bonds. The van der Waals surface area contributed by atoms with Crippen molar-refractivity contribution in [1.29, 1.82) is 0 Å². The minimum atomic E-state index is -0.0983. The number of hydrogen-bond donors (Lipinski definition) is 2. The highest BCUT2D eigenvalue weighted by atomic mass is 79.9. The van der Waals surface area contributed by atoms with Crippen molar-refractivity contribution in [3.8, 4) is 5.69 Å². The molecule has 0 aliphatic carbocycles. The molecular weight excluding hydrogens is 344 g/mol. The van der Waals surface area contributed by atoms with Crippen LogP contribution in [0.4, 0.5) is 0 Å². The van der Waals surface area contributed by atoms with Crippen LogP contribution >= 0.6 is 15.9 Å². The van der Waals surface area contributed by atoms with Gasteiger partial charge in [0.15, 0.2) is 0 Å². The van der Waals surface area contributed by atoms with Crippen LogP contribution in [-0.2, 0) is 6.42 Å². The Labute approximate surface area is 136 Å². The molecule has 6 heteroatoms. The third-order valence-electron chi connectivity index (χ3n) is 3.30. The number of carbonyl (C=O) groups is 1. The molecule has 0 aliphatic rings. The number of hydrogen-bond acceptors (Lipinski definition) is 2. The van der Waals surface area contributed by atoms with Gasteiger partial charge in [-0.3, -0.25) is 4.79 Å². The van der Waals surface area contributed by atoms with Crippen LogP contribution in [0.1, 0.15) is 16.1 Å². The van der Waals surface area contributed by atoms with Gasteiger partial charge in [0, 0.05) is 29.6 Å². The van der Waals surface area contributed by atoms with Crippen LogP contribution in [0.25, 0.3) is 5.69 Å². The zero-order valence-electron chi connectivity index (χ0n) is 11.8. The maximum Gasteiger partial charge on any atom is 0.267 e. The number of halogens is 1. The summed E-state index contributed by atoms with van der Waals surface area (Å²) in [5.74, 6) is -0.0983. The van der Waals surface area contributed by atoms with E-state index in [0.717, 1.165) is 16.6 Å². The van der Waals surface area contributed by atoms with E-state index in [2.05, 4.69) is 31.3 Å². The molecule has 2 aromatic heterocycles. The van der Waals surface area contributed by atoms with Crippen molar-refractivity contribution in [1.82, 2.24) is 20.1 Å². The first-order chi connectivity index (χ1) is 10.7. The number of nitrogens with zero attached hydrogens (tertiary/aromatic N) is 2. The Morgan fingerprint density at radius 1 is 1.32 bits per heavy atom. The molecule has 0 saturated heterocycles. The van der Waals surface area contributed by atoms with Crippen LogP contribution in [0.5, 0.6) is 0 Å². The standard InChI is InChI=1S/C16H15BrN4O/c17-13-10-15(19-11-13)16(22)18-8-6-12-2-4-14(5-3-12)21-9-1-7-20-21/h1-5,7,9-11,19H,6,8H2,(H,18,22). The predicted octanol–water partition coefficient (Wildman–Crippen LogP) is 2.94. The van der Waals surface area contributed by atoms with Gasteiger partial charge in [-0.05, 0) is 52.2 Å². The number of aromatic nitrogens is 3. The summed E-state index contributed by atoms with van der Waals surface area (Å²) >= 11 is 3.31. The van der Waals surface area contributed by atoms with Crippen molar-refractivity contribution in [2.45, 2.75) is 6.42 Å². The molecule has 0 fully saturated rings. The molecule has 3 aromatic rings. The molecule has 0 bridgehead atoms. The Bertz CT molecular complexity index is 747. The van der Waals surface area contributed by atoms with E-state index < -0.39 is 0 Å². The number of nitrogens with one attached hydrogen (secondary N) is 2. The van der Waals surface area contributed by atoms with E-state index >= 15 is 0 Å². The number of amides is 1. The van der Waals surface area contributed by atoms with Gasteiger partial charge in [0.25, 0.3) is 5.91 Å². The quantitative estimate of drug-likeness (QED) is 0.736. The van der Waals surface area contributed by atoms with Crippen LogP contribution in [0.2, 0.25) is 0 Å². The lowest BCUT2D eigenvalue weighted by Gasteiger charge is -2.06. The highest BCUT2D eigenvalue weighted by Crippen LogP contribution is 2.11. The first kappa shape index (κ1) is 14.6. The highest BCUT2D eigenvalue weighted by Gasteiger charge is 2.06. The van der Waals surface area contributed by atoms with Crippen molar-refractivity contribution in [3.63, 3.8) is 0 Å². The molecular formula is C16H15BrN4O.